The number of carboxylic acid groups (broad SMARTS) is 1. The van der Waals surface area contributed by atoms with Crippen molar-refractivity contribution in [2.75, 3.05) is 0 Å². The summed E-state index contributed by atoms with van der Waals surface area (Å²) in [5, 5.41) is 17.9. The number of nitriles is 1. The number of halogens is 4. The van der Waals surface area contributed by atoms with E-state index in [-0.39, 0.29) is 16.9 Å². The number of ether oxygens (including phenoxy) is 1. The SMILES string of the molecule is CC(Oc1ccc(C#N)cc1-c1cc(C(F)(F)F)ccc1F)C(=O)O. The van der Waals surface area contributed by atoms with Crippen LogP contribution in [0, 0.1) is 17.1 Å². The third kappa shape index (κ3) is 4.07. The smallest absolute Gasteiger partial charge is 0.416 e. The van der Waals surface area contributed by atoms with Gasteiger partial charge in [-0.2, -0.15) is 18.4 Å². The third-order valence-electron chi connectivity index (χ3n) is 3.34. The minimum absolute atomic E-state index is 0.0575. The van der Waals surface area contributed by atoms with Crippen LogP contribution in [0.5, 0.6) is 5.75 Å². The van der Waals surface area contributed by atoms with Crippen LogP contribution in [-0.4, -0.2) is 17.2 Å². The number of alkyl halides is 3. The van der Waals surface area contributed by atoms with Crippen LogP contribution in [0.2, 0.25) is 0 Å². The van der Waals surface area contributed by atoms with Gasteiger partial charge in [-0.3, -0.25) is 0 Å². The Morgan fingerprint density at radius 1 is 1.20 bits per heavy atom. The van der Waals surface area contributed by atoms with Crippen LogP contribution in [0.25, 0.3) is 11.1 Å². The maximum Gasteiger partial charge on any atom is 0.416 e. The topological polar surface area (TPSA) is 70.3 Å². The van der Waals surface area contributed by atoms with Gasteiger partial charge in [0.15, 0.2) is 6.10 Å². The molecule has 25 heavy (non-hydrogen) atoms. The molecule has 0 aliphatic rings. The van der Waals surface area contributed by atoms with E-state index in [0.29, 0.717) is 18.2 Å². The fourth-order valence-electron chi connectivity index (χ4n) is 2.06. The highest BCUT2D eigenvalue weighted by Gasteiger charge is 2.31. The number of benzene rings is 2. The van der Waals surface area contributed by atoms with Gasteiger partial charge in [-0.25, -0.2) is 9.18 Å². The van der Waals surface area contributed by atoms with Gasteiger partial charge in [-0.05, 0) is 43.3 Å². The zero-order chi connectivity index (χ0) is 18.8. The molecule has 4 nitrogen and oxygen atoms in total. The van der Waals surface area contributed by atoms with Crippen molar-refractivity contribution in [1.82, 2.24) is 0 Å². The van der Waals surface area contributed by atoms with Gasteiger partial charge in [0.2, 0.25) is 0 Å². The highest BCUT2D eigenvalue weighted by molar-refractivity contribution is 5.76. The molecule has 0 saturated carbocycles. The standard InChI is InChI=1S/C17H11F4NO3/c1-9(16(23)24)25-15-5-2-10(8-22)6-13(15)12-7-11(17(19,20)21)3-4-14(12)18/h2-7,9H,1H3,(H,23,24). The fourth-order valence-corrected chi connectivity index (χ4v) is 2.06. The average Bonchev–Trinajstić information content (AvgIpc) is 2.54. The number of rotatable bonds is 4. The first-order chi connectivity index (χ1) is 11.6. The number of carbonyl (C=O) groups is 1. The molecule has 2 aromatic carbocycles. The molecule has 0 fully saturated rings. The van der Waals surface area contributed by atoms with Crippen LogP contribution in [0.1, 0.15) is 18.1 Å². The first-order valence-electron chi connectivity index (χ1n) is 6.94. The zero-order valence-corrected chi connectivity index (χ0v) is 12.8. The van der Waals surface area contributed by atoms with Gasteiger partial charge in [0.25, 0.3) is 0 Å². The minimum Gasteiger partial charge on any atom is -0.479 e. The van der Waals surface area contributed by atoms with E-state index in [0.717, 1.165) is 6.07 Å². The summed E-state index contributed by atoms with van der Waals surface area (Å²) < 4.78 is 58.0. The van der Waals surface area contributed by atoms with Crippen molar-refractivity contribution >= 4 is 5.97 Å². The van der Waals surface area contributed by atoms with E-state index < -0.39 is 35.2 Å². The molecular weight excluding hydrogens is 342 g/mol. The third-order valence-corrected chi connectivity index (χ3v) is 3.34. The van der Waals surface area contributed by atoms with Crippen molar-refractivity contribution in [3.8, 4) is 22.9 Å². The Labute approximate surface area is 139 Å². The number of carboxylic acids is 1. The molecule has 8 heteroatoms. The Kier molecular flexibility index (Phi) is 4.97. The van der Waals surface area contributed by atoms with Crippen LogP contribution in [0.15, 0.2) is 36.4 Å². The van der Waals surface area contributed by atoms with Crippen LogP contribution in [0.4, 0.5) is 17.6 Å². The number of nitrogens with zero attached hydrogens (tertiary/aromatic N) is 1. The average molecular weight is 353 g/mol. The summed E-state index contributed by atoms with van der Waals surface area (Å²) in [6.07, 6.45) is -6.01. The Morgan fingerprint density at radius 2 is 1.88 bits per heavy atom. The number of aliphatic carboxylic acids is 1. The van der Waals surface area contributed by atoms with Gasteiger partial charge >= 0.3 is 12.1 Å². The lowest BCUT2D eigenvalue weighted by atomic mass is 9.99. The van der Waals surface area contributed by atoms with Gasteiger partial charge in [0, 0.05) is 11.1 Å². The summed E-state index contributed by atoms with van der Waals surface area (Å²) in [7, 11) is 0. The second-order valence-corrected chi connectivity index (χ2v) is 5.11. The van der Waals surface area contributed by atoms with E-state index in [9.17, 15) is 22.4 Å². The summed E-state index contributed by atoms with van der Waals surface area (Å²) in [6.45, 7) is 1.22. The molecule has 0 aromatic heterocycles. The monoisotopic (exact) mass is 353 g/mol. The molecule has 0 bridgehead atoms. The molecule has 0 spiro atoms. The summed E-state index contributed by atoms with van der Waals surface area (Å²) in [5.41, 5.74) is -1.61. The van der Waals surface area contributed by atoms with Crippen molar-refractivity contribution in [2.45, 2.75) is 19.2 Å². The molecule has 0 aliphatic heterocycles. The predicted molar refractivity (Wildman–Crippen MR) is 79.3 cm³/mol. The summed E-state index contributed by atoms with van der Waals surface area (Å²) in [5.74, 6) is -2.41. The molecule has 0 saturated heterocycles. The van der Waals surface area contributed by atoms with E-state index in [1.54, 1.807) is 6.07 Å². The van der Waals surface area contributed by atoms with Crippen molar-refractivity contribution < 1.29 is 32.2 Å². The molecule has 0 amide bonds. The molecule has 0 aliphatic carbocycles. The number of hydrogen-bond donors (Lipinski definition) is 1. The lowest BCUT2D eigenvalue weighted by molar-refractivity contribution is -0.144. The van der Waals surface area contributed by atoms with Gasteiger partial charge in [-0.15, -0.1) is 0 Å². The lowest BCUT2D eigenvalue weighted by Gasteiger charge is -2.16. The molecule has 0 heterocycles. The quantitative estimate of drug-likeness (QED) is 0.835. The Balaban J connectivity index is 2.64. The maximum atomic E-state index is 14.1. The van der Waals surface area contributed by atoms with Crippen LogP contribution < -0.4 is 4.74 Å². The molecule has 1 atom stereocenters. The second kappa shape index (κ2) is 6.81. The van der Waals surface area contributed by atoms with Crippen LogP contribution in [-0.2, 0) is 11.0 Å². The van der Waals surface area contributed by atoms with E-state index in [1.807, 2.05) is 0 Å². The summed E-state index contributed by atoms with van der Waals surface area (Å²) in [4.78, 5) is 10.9. The maximum absolute atomic E-state index is 14.1. The molecule has 2 rings (SSSR count). The first-order valence-corrected chi connectivity index (χ1v) is 6.94. The largest absolute Gasteiger partial charge is 0.479 e. The van der Waals surface area contributed by atoms with E-state index in [4.69, 9.17) is 15.1 Å². The van der Waals surface area contributed by atoms with Crippen LogP contribution >= 0.6 is 0 Å². The Morgan fingerprint density at radius 3 is 2.44 bits per heavy atom. The van der Waals surface area contributed by atoms with E-state index in [1.165, 1.54) is 19.1 Å². The van der Waals surface area contributed by atoms with Gasteiger partial charge in [0.1, 0.15) is 11.6 Å². The predicted octanol–water partition coefficient (Wildman–Crippen LogP) is 4.24. The summed E-state index contributed by atoms with van der Waals surface area (Å²) in [6, 6.07) is 7.27. The normalized spacial score (nSPS) is 12.3. The zero-order valence-electron chi connectivity index (χ0n) is 12.8. The molecule has 1 N–H and O–H groups in total. The highest BCUT2D eigenvalue weighted by Crippen LogP contribution is 2.37. The molecular formula is C17H11F4NO3. The van der Waals surface area contributed by atoms with Crippen molar-refractivity contribution in [3.05, 3.63) is 53.3 Å². The highest BCUT2D eigenvalue weighted by atomic mass is 19.4. The molecule has 2 aromatic rings. The van der Waals surface area contributed by atoms with Gasteiger partial charge in [-0.1, -0.05) is 0 Å². The van der Waals surface area contributed by atoms with Gasteiger partial charge in [0.05, 0.1) is 17.2 Å². The molecule has 1 unspecified atom stereocenters. The first kappa shape index (κ1) is 18.3. The van der Waals surface area contributed by atoms with Crippen molar-refractivity contribution in [1.29, 1.82) is 5.26 Å². The summed E-state index contributed by atoms with van der Waals surface area (Å²) >= 11 is 0. The van der Waals surface area contributed by atoms with Gasteiger partial charge < -0.3 is 9.84 Å². The second-order valence-electron chi connectivity index (χ2n) is 5.11. The minimum atomic E-state index is -4.69. The molecule has 0 radical (unpaired) electrons. The van der Waals surface area contributed by atoms with E-state index in [2.05, 4.69) is 0 Å². The van der Waals surface area contributed by atoms with Crippen molar-refractivity contribution in [2.24, 2.45) is 0 Å². The number of hydrogen-bond acceptors (Lipinski definition) is 3. The molecule has 130 valence electrons. The van der Waals surface area contributed by atoms with E-state index >= 15 is 0 Å². The van der Waals surface area contributed by atoms with Crippen LogP contribution in [0.3, 0.4) is 0 Å². The Hall–Kier alpha value is -3.08. The van der Waals surface area contributed by atoms with Crippen molar-refractivity contribution in [3.63, 3.8) is 0 Å². The lowest BCUT2D eigenvalue weighted by Crippen LogP contribution is -2.23. The fraction of sp³-hybridized carbons (Fsp3) is 0.176. The Bertz CT molecular complexity index is 856.